The largest absolute Gasteiger partial charge is 0.350 e. The quantitative estimate of drug-likeness (QED) is 0.468. The van der Waals surface area contributed by atoms with E-state index in [4.69, 9.17) is 0 Å². The van der Waals surface area contributed by atoms with E-state index in [1.807, 2.05) is 4.98 Å². The van der Waals surface area contributed by atoms with E-state index in [0.717, 1.165) is 10.9 Å². The van der Waals surface area contributed by atoms with Gasteiger partial charge < -0.3 is 0 Å². The molecule has 0 aliphatic carbocycles. The predicted octanol–water partition coefficient (Wildman–Crippen LogP) is -2.73. The molecule has 1 aromatic rings. The van der Waals surface area contributed by atoms with Crippen molar-refractivity contribution in [2.24, 2.45) is 4.99 Å². The minimum Gasteiger partial charge on any atom is -0.294 e. The maximum Gasteiger partial charge on any atom is 0.350 e. The molecule has 1 amide bonds. The van der Waals surface area contributed by atoms with E-state index in [1.165, 1.54) is 0 Å². The highest BCUT2D eigenvalue weighted by molar-refractivity contribution is 6.03. The second-order valence-electron chi connectivity index (χ2n) is 2.54. The number of hydrogen-bond acceptors (Lipinski definition) is 5. The maximum atomic E-state index is 11.2. The molecule has 2 N–H and O–H groups in total. The molecule has 1 aliphatic heterocycles. The summed E-state index contributed by atoms with van der Waals surface area (Å²) in [4.78, 5) is 41.6. The molecule has 72 valence electrons. The summed E-state index contributed by atoms with van der Waals surface area (Å²) in [5.41, 5.74) is -1.43. The van der Waals surface area contributed by atoms with Crippen molar-refractivity contribution in [3.05, 3.63) is 27.3 Å². The Hall–Kier alpha value is -2.25. The van der Waals surface area contributed by atoms with Crippen LogP contribution < -0.4 is 16.7 Å². The average molecular weight is 195 g/mol. The number of H-pyrrole nitrogens is 1. The molecule has 2 heterocycles. The molecule has 0 atom stereocenters. The third-order valence-electron chi connectivity index (χ3n) is 1.57. The van der Waals surface area contributed by atoms with E-state index in [9.17, 15) is 14.4 Å². The van der Waals surface area contributed by atoms with Gasteiger partial charge >= 0.3 is 11.4 Å². The Morgan fingerprint density at radius 3 is 2.71 bits per heavy atom. The third kappa shape index (κ3) is 1.32. The molecule has 0 saturated carbocycles. The van der Waals surface area contributed by atoms with Crippen LogP contribution in [0.4, 0.5) is 0 Å². The van der Waals surface area contributed by atoms with Gasteiger partial charge in [-0.25, -0.2) is 19.1 Å². The third-order valence-corrected chi connectivity index (χ3v) is 1.57. The number of nitrogens with zero attached hydrogens (tertiary/aromatic N) is 3. The second kappa shape index (κ2) is 2.91. The molecule has 0 radical (unpaired) electrons. The molecule has 0 aromatic carbocycles. The summed E-state index contributed by atoms with van der Waals surface area (Å²) in [7, 11) is 0. The first-order valence-corrected chi connectivity index (χ1v) is 3.69. The van der Waals surface area contributed by atoms with Crippen molar-refractivity contribution in [1.29, 1.82) is 0 Å². The first-order chi connectivity index (χ1) is 6.66. The first kappa shape index (κ1) is 8.35. The van der Waals surface area contributed by atoms with Crippen molar-refractivity contribution < 1.29 is 4.79 Å². The van der Waals surface area contributed by atoms with Crippen LogP contribution in [0.3, 0.4) is 0 Å². The molecular weight excluding hydrogens is 190 g/mol. The summed E-state index contributed by atoms with van der Waals surface area (Å²) in [6, 6.07) is 0. The van der Waals surface area contributed by atoms with Crippen molar-refractivity contribution >= 4 is 11.9 Å². The van der Waals surface area contributed by atoms with Crippen LogP contribution in [-0.4, -0.2) is 32.9 Å². The van der Waals surface area contributed by atoms with E-state index < -0.39 is 11.4 Å². The number of aliphatic imine (C=N–C) groups is 1. The van der Waals surface area contributed by atoms with Crippen LogP contribution in [0.1, 0.15) is 0 Å². The number of aromatic amines is 1. The number of carbonyl (C=O) groups excluding carboxylic acids is 1. The van der Waals surface area contributed by atoms with Crippen LogP contribution in [-0.2, 0) is 4.79 Å². The fraction of sp³-hybridized carbons (Fsp3) is 0.167. The molecule has 1 aromatic heterocycles. The van der Waals surface area contributed by atoms with Gasteiger partial charge in [-0.1, -0.05) is 0 Å². The van der Waals surface area contributed by atoms with Crippen LogP contribution in [0.25, 0.3) is 0 Å². The maximum absolute atomic E-state index is 11.2. The van der Waals surface area contributed by atoms with E-state index in [1.54, 1.807) is 0 Å². The van der Waals surface area contributed by atoms with E-state index in [2.05, 4.69) is 15.3 Å². The Bertz CT molecular complexity index is 525. The first-order valence-electron chi connectivity index (χ1n) is 3.69. The topological polar surface area (TPSA) is 109 Å². The zero-order valence-corrected chi connectivity index (χ0v) is 6.85. The summed E-state index contributed by atoms with van der Waals surface area (Å²) in [5, 5.41) is 2.34. The van der Waals surface area contributed by atoms with Crippen LogP contribution in [0.5, 0.6) is 0 Å². The van der Waals surface area contributed by atoms with Crippen molar-refractivity contribution in [3.63, 3.8) is 0 Å². The number of amides is 1. The van der Waals surface area contributed by atoms with Crippen molar-refractivity contribution in [1.82, 2.24) is 19.9 Å². The SMILES string of the molecule is O=C1CN=C(n2cnc(=O)[nH]c2=O)N1. The fourth-order valence-electron chi connectivity index (χ4n) is 0.984. The Balaban J connectivity index is 2.48. The monoisotopic (exact) mass is 195 g/mol. The van der Waals surface area contributed by atoms with Gasteiger partial charge in [-0.3, -0.25) is 15.1 Å². The minimum atomic E-state index is -0.740. The molecule has 0 fully saturated rings. The summed E-state index contributed by atoms with van der Waals surface area (Å²) in [6.45, 7) is -0.0269. The summed E-state index contributed by atoms with van der Waals surface area (Å²) >= 11 is 0. The molecule has 0 unspecified atom stereocenters. The number of rotatable bonds is 0. The second-order valence-corrected chi connectivity index (χ2v) is 2.54. The zero-order valence-electron chi connectivity index (χ0n) is 6.85. The number of carbonyl (C=O) groups is 1. The van der Waals surface area contributed by atoms with Gasteiger partial charge in [0.1, 0.15) is 12.9 Å². The van der Waals surface area contributed by atoms with Gasteiger partial charge in [0.15, 0.2) is 0 Å². The van der Waals surface area contributed by atoms with Gasteiger partial charge in [-0.15, -0.1) is 0 Å². The van der Waals surface area contributed by atoms with Crippen molar-refractivity contribution in [2.75, 3.05) is 6.54 Å². The molecule has 1 aliphatic rings. The highest BCUT2D eigenvalue weighted by Gasteiger charge is 2.15. The van der Waals surface area contributed by atoms with Crippen LogP contribution in [0.2, 0.25) is 0 Å². The summed E-state index contributed by atoms with van der Waals surface area (Å²) in [6.07, 6.45) is 1.01. The smallest absolute Gasteiger partial charge is 0.294 e. The summed E-state index contributed by atoms with van der Waals surface area (Å²) < 4.78 is 0.951. The van der Waals surface area contributed by atoms with Gasteiger partial charge in [0.2, 0.25) is 11.9 Å². The molecule has 0 spiro atoms. The lowest BCUT2D eigenvalue weighted by atomic mass is 10.7. The highest BCUT2D eigenvalue weighted by Crippen LogP contribution is 1.86. The van der Waals surface area contributed by atoms with Gasteiger partial charge in [0.25, 0.3) is 0 Å². The van der Waals surface area contributed by atoms with Gasteiger partial charge in [-0.2, -0.15) is 4.98 Å². The number of aromatic nitrogens is 3. The van der Waals surface area contributed by atoms with E-state index in [-0.39, 0.29) is 18.4 Å². The predicted molar refractivity (Wildman–Crippen MR) is 45.0 cm³/mol. The lowest BCUT2D eigenvalue weighted by molar-refractivity contribution is -0.117. The molecule has 8 heteroatoms. The number of nitrogens with one attached hydrogen (secondary N) is 2. The van der Waals surface area contributed by atoms with Crippen molar-refractivity contribution in [3.8, 4) is 0 Å². The van der Waals surface area contributed by atoms with Gasteiger partial charge in [-0.05, 0) is 0 Å². The standard InChI is InChI=1S/C6H5N5O3/c12-3-1-7-4(9-3)11-2-8-5(13)10-6(11)14/h2H,1H2,(H,7,9,12)(H,10,13,14). The molecule has 2 rings (SSSR count). The lowest BCUT2D eigenvalue weighted by Gasteiger charge is -2.01. The van der Waals surface area contributed by atoms with Crippen molar-refractivity contribution in [2.45, 2.75) is 0 Å². The van der Waals surface area contributed by atoms with E-state index in [0.29, 0.717) is 0 Å². The normalized spacial score (nSPS) is 15.1. The van der Waals surface area contributed by atoms with Crippen LogP contribution in [0, 0.1) is 0 Å². The summed E-state index contributed by atoms with van der Waals surface area (Å²) in [5.74, 6) is -0.234. The van der Waals surface area contributed by atoms with Gasteiger partial charge in [0.05, 0.1) is 0 Å². The number of hydrogen-bond donors (Lipinski definition) is 2. The van der Waals surface area contributed by atoms with Crippen LogP contribution >= 0.6 is 0 Å². The Labute approximate surface area is 76.3 Å². The molecule has 14 heavy (non-hydrogen) atoms. The molecule has 0 bridgehead atoms. The average Bonchev–Trinajstić information content (AvgIpc) is 2.51. The van der Waals surface area contributed by atoms with Crippen LogP contribution in [0.15, 0.2) is 20.9 Å². The highest BCUT2D eigenvalue weighted by atomic mass is 16.2. The fourth-order valence-corrected chi connectivity index (χ4v) is 0.984. The zero-order chi connectivity index (χ0) is 10.1. The Morgan fingerprint density at radius 2 is 2.14 bits per heavy atom. The van der Waals surface area contributed by atoms with Gasteiger partial charge in [0, 0.05) is 0 Å². The van der Waals surface area contributed by atoms with E-state index >= 15 is 0 Å². The Kier molecular flexibility index (Phi) is 1.73. The molecule has 8 nitrogen and oxygen atoms in total. The molecule has 0 saturated heterocycles. The minimum absolute atomic E-state index is 0.0269. The molecular formula is C6H5N5O3. The lowest BCUT2D eigenvalue weighted by Crippen LogP contribution is -2.40. The Morgan fingerprint density at radius 1 is 1.36 bits per heavy atom.